The van der Waals surface area contributed by atoms with Crippen LogP contribution in [-0.4, -0.2) is 40.4 Å². The minimum atomic E-state index is 0. The van der Waals surface area contributed by atoms with Crippen molar-refractivity contribution in [1.29, 1.82) is 0 Å². The molecule has 4 nitrogen and oxygen atoms in total. The lowest BCUT2D eigenvalue weighted by Crippen LogP contribution is -2.48. The fourth-order valence-corrected chi connectivity index (χ4v) is 3.04. The van der Waals surface area contributed by atoms with E-state index in [1.54, 1.807) is 0 Å². The third kappa shape index (κ3) is 4.10. The Kier molecular flexibility index (Phi) is 6.03. The Morgan fingerprint density at radius 3 is 2.73 bits per heavy atom. The molecule has 0 aliphatic carbocycles. The molecule has 1 atom stereocenters. The number of aromatic nitrogens is 2. The van der Waals surface area contributed by atoms with Crippen LogP contribution < -0.4 is 5.32 Å². The largest absolute Gasteiger partial charge is 0.312 e. The van der Waals surface area contributed by atoms with Crippen LogP contribution in [0.3, 0.4) is 0 Å². The molecule has 2 heterocycles. The zero-order chi connectivity index (χ0) is 14.8. The van der Waals surface area contributed by atoms with Crippen LogP contribution in [-0.2, 0) is 6.54 Å². The topological polar surface area (TPSA) is 33.1 Å². The van der Waals surface area contributed by atoms with Crippen LogP contribution >= 0.6 is 28.3 Å². The summed E-state index contributed by atoms with van der Waals surface area (Å²) in [5.41, 5.74) is 3.53. The molecule has 1 aliphatic heterocycles. The molecule has 1 aromatic carbocycles. The highest BCUT2D eigenvalue weighted by atomic mass is 79.9. The number of nitrogens with one attached hydrogen (secondary N) is 1. The zero-order valence-corrected chi connectivity index (χ0v) is 15.3. The van der Waals surface area contributed by atoms with E-state index >= 15 is 0 Å². The molecule has 0 saturated carbocycles. The van der Waals surface area contributed by atoms with Gasteiger partial charge in [-0.25, -0.2) is 4.68 Å². The van der Waals surface area contributed by atoms with Crippen LogP contribution in [0.2, 0.25) is 0 Å². The number of rotatable bonds is 3. The smallest absolute Gasteiger partial charge is 0.0646 e. The van der Waals surface area contributed by atoms with Gasteiger partial charge in [0.2, 0.25) is 0 Å². The van der Waals surface area contributed by atoms with Crippen LogP contribution in [0.4, 0.5) is 0 Å². The summed E-state index contributed by atoms with van der Waals surface area (Å²) in [6.45, 7) is 8.59. The maximum atomic E-state index is 4.65. The molecule has 1 N–H and O–H groups in total. The summed E-state index contributed by atoms with van der Waals surface area (Å²) in [5, 5.41) is 8.14. The van der Waals surface area contributed by atoms with Gasteiger partial charge in [0.15, 0.2) is 0 Å². The second-order valence-corrected chi connectivity index (χ2v) is 6.67. The van der Waals surface area contributed by atoms with Crippen LogP contribution in [0.5, 0.6) is 0 Å². The van der Waals surface area contributed by atoms with Gasteiger partial charge in [-0.2, -0.15) is 5.10 Å². The summed E-state index contributed by atoms with van der Waals surface area (Å²) in [6, 6.07) is 8.81. The van der Waals surface area contributed by atoms with Crippen molar-refractivity contribution in [2.24, 2.45) is 0 Å². The summed E-state index contributed by atoms with van der Waals surface area (Å²) < 4.78 is 3.06. The molecule has 1 aromatic heterocycles. The van der Waals surface area contributed by atoms with E-state index in [1.165, 1.54) is 5.56 Å². The Morgan fingerprint density at radius 1 is 1.32 bits per heavy atom. The second-order valence-electron chi connectivity index (χ2n) is 5.75. The van der Waals surface area contributed by atoms with E-state index in [9.17, 15) is 0 Å². The Morgan fingerprint density at radius 2 is 2.05 bits per heavy atom. The Balaban J connectivity index is 0.00000176. The summed E-state index contributed by atoms with van der Waals surface area (Å²) in [4.78, 5) is 2.50. The quantitative estimate of drug-likeness (QED) is 0.881. The van der Waals surface area contributed by atoms with E-state index < -0.39 is 0 Å². The molecular weight excluding hydrogens is 364 g/mol. The number of hydrogen-bond donors (Lipinski definition) is 1. The van der Waals surface area contributed by atoms with Crippen molar-refractivity contribution in [3.8, 4) is 5.69 Å². The first-order valence-electron chi connectivity index (χ1n) is 7.38. The molecule has 0 radical (unpaired) electrons. The first-order chi connectivity index (χ1) is 10.1. The molecule has 0 spiro atoms. The molecule has 0 bridgehead atoms. The summed E-state index contributed by atoms with van der Waals surface area (Å²) in [7, 11) is 0. The van der Waals surface area contributed by atoms with Crippen molar-refractivity contribution in [2.45, 2.75) is 26.4 Å². The van der Waals surface area contributed by atoms with Gasteiger partial charge in [-0.05, 0) is 38.1 Å². The Labute approximate surface area is 146 Å². The van der Waals surface area contributed by atoms with Crippen LogP contribution in [0.25, 0.3) is 5.69 Å². The lowest BCUT2D eigenvalue weighted by Gasteiger charge is -2.31. The standard InChI is InChI=1S/C16H21BrN4.ClH/c1-12-9-20(8-7-18-12)10-14-11-21(19-13(14)2)16-5-3-15(17)4-6-16;/h3-6,11-12,18H,7-10H2,1-2H3;1H/t12-;/m1./s1. The van der Waals surface area contributed by atoms with Gasteiger partial charge in [0.25, 0.3) is 0 Å². The molecule has 6 heteroatoms. The Hall–Kier alpha value is -0.880. The lowest BCUT2D eigenvalue weighted by atomic mass is 10.2. The molecule has 0 unspecified atom stereocenters. The van der Waals surface area contributed by atoms with Gasteiger partial charge in [0.1, 0.15) is 0 Å². The van der Waals surface area contributed by atoms with Crippen molar-refractivity contribution >= 4 is 28.3 Å². The highest BCUT2D eigenvalue weighted by Crippen LogP contribution is 2.17. The number of hydrogen-bond acceptors (Lipinski definition) is 3. The number of nitrogens with zero attached hydrogens (tertiary/aromatic N) is 3. The fraction of sp³-hybridized carbons (Fsp3) is 0.438. The van der Waals surface area contributed by atoms with Gasteiger partial charge < -0.3 is 5.32 Å². The van der Waals surface area contributed by atoms with Crippen LogP contribution in [0.15, 0.2) is 34.9 Å². The first-order valence-corrected chi connectivity index (χ1v) is 8.18. The predicted molar refractivity (Wildman–Crippen MR) is 96.0 cm³/mol. The van der Waals surface area contributed by atoms with Crippen molar-refractivity contribution < 1.29 is 0 Å². The lowest BCUT2D eigenvalue weighted by molar-refractivity contribution is 0.199. The summed E-state index contributed by atoms with van der Waals surface area (Å²) in [6.07, 6.45) is 2.16. The highest BCUT2D eigenvalue weighted by molar-refractivity contribution is 9.10. The first kappa shape index (κ1) is 17.5. The molecule has 1 fully saturated rings. The highest BCUT2D eigenvalue weighted by Gasteiger charge is 2.17. The number of piperazine rings is 1. The van der Waals surface area contributed by atoms with Crippen molar-refractivity contribution in [3.05, 3.63) is 46.2 Å². The second kappa shape index (κ2) is 7.59. The Bertz CT molecular complexity index is 611. The van der Waals surface area contributed by atoms with Crippen molar-refractivity contribution in [3.63, 3.8) is 0 Å². The molecule has 2 aromatic rings. The normalized spacial score (nSPS) is 19.0. The third-order valence-electron chi connectivity index (χ3n) is 3.94. The van der Waals surface area contributed by atoms with Crippen LogP contribution in [0, 0.1) is 6.92 Å². The molecule has 22 heavy (non-hydrogen) atoms. The van der Waals surface area contributed by atoms with Crippen molar-refractivity contribution in [1.82, 2.24) is 20.0 Å². The van der Waals surface area contributed by atoms with Gasteiger partial charge in [-0.1, -0.05) is 15.9 Å². The van der Waals surface area contributed by atoms with Crippen LogP contribution in [0.1, 0.15) is 18.2 Å². The third-order valence-corrected chi connectivity index (χ3v) is 4.47. The number of aryl methyl sites for hydroxylation is 1. The van der Waals surface area contributed by atoms with E-state index in [0.717, 1.165) is 42.0 Å². The molecule has 3 rings (SSSR count). The van der Waals surface area contributed by atoms with Crippen molar-refractivity contribution in [2.75, 3.05) is 19.6 Å². The SMILES string of the molecule is Cc1nn(-c2ccc(Br)cc2)cc1CN1CCN[C@H](C)C1.Cl. The number of benzene rings is 1. The van der Waals surface area contributed by atoms with Gasteiger partial charge >= 0.3 is 0 Å². The zero-order valence-electron chi connectivity index (χ0n) is 12.9. The van der Waals surface area contributed by atoms with E-state index in [1.807, 2.05) is 16.8 Å². The molecular formula is C16H22BrClN4. The van der Waals surface area contributed by atoms with Gasteiger partial charge in [-0.15, -0.1) is 12.4 Å². The minimum absolute atomic E-state index is 0. The molecule has 1 aliphatic rings. The molecule has 120 valence electrons. The number of halogens is 2. The van der Waals surface area contributed by atoms with E-state index in [0.29, 0.717) is 6.04 Å². The molecule has 0 amide bonds. The van der Waals surface area contributed by atoms with Gasteiger partial charge in [0, 0.05) is 48.5 Å². The van der Waals surface area contributed by atoms with Gasteiger partial charge in [0.05, 0.1) is 11.4 Å². The fourth-order valence-electron chi connectivity index (χ4n) is 2.77. The maximum absolute atomic E-state index is 4.65. The molecule has 1 saturated heterocycles. The van der Waals surface area contributed by atoms with E-state index in [2.05, 4.69) is 63.4 Å². The van der Waals surface area contributed by atoms with Gasteiger partial charge in [-0.3, -0.25) is 4.90 Å². The average molecular weight is 386 g/mol. The van der Waals surface area contributed by atoms with E-state index in [-0.39, 0.29) is 12.4 Å². The maximum Gasteiger partial charge on any atom is 0.0646 e. The summed E-state index contributed by atoms with van der Waals surface area (Å²) in [5.74, 6) is 0. The monoisotopic (exact) mass is 384 g/mol. The summed E-state index contributed by atoms with van der Waals surface area (Å²) >= 11 is 3.47. The van der Waals surface area contributed by atoms with E-state index in [4.69, 9.17) is 0 Å². The predicted octanol–water partition coefficient (Wildman–Crippen LogP) is 3.16. The average Bonchev–Trinajstić information content (AvgIpc) is 2.81. The minimum Gasteiger partial charge on any atom is -0.312 e.